The molecule has 2 aromatic heterocycles. The van der Waals surface area contributed by atoms with Crippen LogP contribution in [0.2, 0.25) is 0 Å². The van der Waals surface area contributed by atoms with Crippen molar-refractivity contribution < 1.29 is 14.6 Å². The highest BCUT2D eigenvalue weighted by Gasteiger charge is 2.55. The third-order valence-corrected chi connectivity index (χ3v) is 5.16. The first-order valence-electron chi connectivity index (χ1n) is 8.19. The Morgan fingerprint density at radius 3 is 2.78 bits per heavy atom. The number of hydrogen-bond donors (Lipinski definition) is 1. The van der Waals surface area contributed by atoms with Gasteiger partial charge in [0.1, 0.15) is 18.1 Å². The van der Waals surface area contributed by atoms with Gasteiger partial charge in [0.15, 0.2) is 5.79 Å². The lowest BCUT2D eigenvalue weighted by Gasteiger charge is -2.25. The van der Waals surface area contributed by atoms with Gasteiger partial charge in [0.2, 0.25) is 0 Å². The van der Waals surface area contributed by atoms with Crippen molar-refractivity contribution in [3.8, 4) is 0 Å². The van der Waals surface area contributed by atoms with Gasteiger partial charge in [-0.3, -0.25) is 0 Å². The van der Waals surface area contributed by atoms with Gasteiger partial charge in [0.25, 0.3) is 0 Å². The average molecular weight is 317 g/mol. The molecule has 2 aromatic rings. The van der Waals surface area contributed by atoms with E-state index in [9.17, 15) is 5.11 Å². The Kier molecular flexibility index (Phi) is 3.27. The molecular formula is C17H23N3O3. The molecule has 1 aliphatic heterocycles. The summed E-state index contributed by atoms with van der Waals surface area (Å²) in [6.45, 7) is 7.69. The zero-order chi connectivity index (χ0) is 16.4. The van der Waals surface area contributed by atoms with Crippen molar-refractivity contribution in [2.24, 2.45) is 5.92 Å². The fraction of sp³-hybridized carbons (Fsp3) is 0.647. The molecule has 1 saturated heterocycles. The van der Waals surface area contributed by atoms with Gasteiger partial charge in [-0.2, -0.15) is 0 Å². The second-order valence-electron chi connectivity index (χ2n) is 7.19. The van der Waals surface area contributed by atoms with Crippen LogP contribution < -0.4 is 0 Å². The molecule has 0 amide bonds. The first kappa shape index (κ1) is 15.1. The number of aliphatic hydroxyl groups is 1. The van der Waals surface area contributed by atoms with E-state index < -0.39 is 11.9 Å². The van der Waals surface area contributed by atoms with Gasteiger partial charge in [0, 0.05) is 17.5 Å². The smallest absolute Gasteiger partial charge is 0.163 e. The lowest BCUT2D eigenvalue weighted by Crippen LogP contribution is -2.31. The van der Waals surface area contributed by atoms with Gasteiger partial charge >= 0.3 is 0 Å². The average Bonchev–Trinajstić information content (AvgIpc) is 3.09. The zero-order valence-electron chi connectivity index (χ0n) is 13.9. The van der Waals surface area contributed by atoms with Gasteiger partial charge in [-0.1, -0.05) is 0 Å². The fourth-order valence-corrected chi connectivity index (χ4v) is 4.10. The Bertz CT molecular complexity index is 740. The van der Waals surface area contributed by atoms with Crippen molar-refractivity contribution >= 4 is 11.0 Å². The molecule has 0 radical (unpaired) electrons. The van der Waals surface area contributed by atoms with E-state index in [0.717, 1.165) is 23.1 Å². The standard InChI is InChI=1S/C17H23N3O3/c1-9-11-5-6-20(16(11)19-8-18-9)13-7-12(10(2)21)14-15(13)23-17(3,4)22-14/h5-6,8,10,12-15,21H,7H2,1-4H3/t10?,12-,13-,14-,15+/m1/s1. The number of nitrogens with zero attached hydrogens (tertiary/aromatic N) is 3. The summed E-state index contributed by atoms with van der Waals surface area (Å²) in [7, 11) is 0. The Morgan fingerprint density at radius 1 is 1.30 bits per heavy atom. The van der Waals surface area contributed by atoms with Gasteiger partial charge in [-0.25, -0.2) is 9.97 Å². The Morgan fingerprint density at radius 2 is 2.04 bits per heavy atom. The molecule has 1 unspecified atom stereocenters. The summed E-state index contributed by atoms with van der Waals surface area (Å²) in [5.74, 6) is -0.554. The lowest BCUT2D eigenvalue weighted by atomic mass is 9.99. The number of hydrogen-bond acceptors (Lipinski definition) is 5. The second-order valence-corrected chi connectivity index (χ2v) is 7.19. The van der Waals surface area contributed by atoms with Crippen molar-refractivity contribution in [2.45, 2.75) is 64.3 Å². The number of rotatable bonds is 2. The SMILES string of the molecule is Cc1ncnc2c1ccn2[C@@H]1C[C@H](C(C)O)[C@H]2OC(C)(C)O[C@H]21. The lowest BCUT2D eigenvalue weighted by molar-refractivity contribution is -0.164. The predicted octanol–water partition coefficient (Wildman–Crippen LogP) is 2.20. The number of aliphatic hydroxyl groups excluding tert-OH is 1. The third-order valence-electron chi connectivity index (χ3n) is 5.16. The molecule has 2 aliphatic rings. The van der Waals surface area contributed by atoms with Crippen LogP contribution in [0.5, 0.6) is 0 Å². The van der Waals surface area contributed by atoms with Crippen LogP contribution in [-0.4, -0.2) is 43.7 Å². The number of aromatic nitrogens is 3. The molecule has 6 heteroatoms. The summed E-state index contributed by atoms with van der Waals surface area (Å²) in [5.41, 5.74) is 1.89. The molecule has 0 aromatic carbocycles. The molecule has 2 fully saturated rings. The molecule has 4 rings (SSSR count). The van der Waals surface area contributed by atoms with Crippen molar-refractivity contribution in [1.29, 1.82) is 0 Å². The minimum atomic E-state index is -0.616. The highest BCUT2D eigenvalue weighted by atomic mass is 16.8. The maximum absolute atomic E-state index is 10.2. The maximum atomic E-state index is 10.2. The summed E-state index contributed by atoms with van der Waals surface area (Å²) in [4.78, 5) is 8.72. The summed E-state index contributed by atoms with van der Waals surface area (Å²) in [6.07, 6.45) is 3.88. The molecule has 124 valence electrons. The monoisotopic (exact) mass is 317 g/mol. The van der Waals surface area contributed by atoms with Gasteiger partial charge in [0.05, 0.1) is 23.9 Å². The van der Waals surface area contributed by atoms with E-state index in [0.29, 0.717) is 0 Å². The van der Waals surface area contributed by atoms with Crippen molar-refractivity contribution in [3.63, 3.8) is 0 Å². The Labute approximate surface area is 135 Å². The molecule has 3 heterocycles. The van der Waals surface area contributed by atoms with E-state index in [-0.39, 0.29) is 24.2 Å². The van der Waals surface area contributed by atoms with Gasteiger partial charge in [-0.15, -0.1) is 0 Å². The topological polar surface area (TPSA) is 69.4 Å². The van der Waals surface area contributed by atoms with Crippen LogP contribution in [0.25, 0.3) is 11.0 Å². The summed E-state index contributed by atoms with van der Waals surface area (Å²) < 4.78 is 14.4. The van der Waals surface area contributed by atoms with E-state index in [4.69, 9.17) is 9.47 Å². The number of aryl methyl sites for hydroxylation is 1. The van der Waals surface area contributed by atoms with Crippen LogP contribution in [0.4, 0.5) is 0 Å². The van der Waals surface area contributed by atoms with Crippen LogP contribution in [0, 0.1) is 12.8 Å². The molecule has 23 heavy (non-hydrogen) atoms. The number of fused-ring (bicyclic) bond motifs is 2. The largest absolute Gasteiger partial charge is 0.393 e. The molecule has 0 bridgehead atoms. The first-order valence-corrected chi connectivity index (χ1v) is 8.19. The highest BCUT2D eigenvalue weighted by molar-refractivity contribution is 5.78. The van der Waals surface area contributed by atoms with Crippen molar-refractivity contribution in [3.05, 3.63) is 24.3 Å². The van der Waals surface area contributed by atoms with E-state index in [1.165, 1.54) is 0 Å². The third kappa shape index (κ3) is 2.28. The van der Waals surface area contributed by atoms with Crippen molar-refractivity contribution in [1.82, 2.24) is 14.5 Å². The quantitative estimate of drug-likeness (QED) is 0.919. The maximum Gasteiger partial charge on any atom is 0.163 e. The van der Waals surface area contributed by atoms with Crippen LogP contribution in [0.3, 0.4) is 0 Å². The molecule has 1 saturated carbocycles. The van der Waals surface area contributed by atoms with E-state index in [1.807, 2.05) is 33.9 Å². The van der Waals surface area contributed by atoms with E-state index >= 15 is 0 Å². The van der Waals surface area contributed by atoms with E-state index in [2.05, 4.69) is 20.6 Å². The summed E-state index contributed by atoms with van der Waals surface area (Å²) in [6, 6.07) is 2.16. The molecule has 5 atom stereocenters. The van der Waals surface area contributed by atoms with Crippen molar-refractivity contribution in [2.75, 3.05) is 0 Å². The van der Waals surface area contributed by atoms with Gasteiger partial charge in [-0.05, 0) is 40.2 Å². The molecule has 1 N–H and O–H groups in total. The molecule has 0 spiro atoms. The van der Waals surface area contributed by atoms with Crippen LogP contribution in [-0.2, 0) is 9.47 Å². The predicted molar refractivity (Wildman–Crippen MR) is 84.9 cm³/mol. The van der Waals surface area contributed by atoms with Gasteiger partial charge < -0.3 is 19.1 Å². The summed E-state index contributed by atoms with van der Waals surface area (Å²) in [5, 5.41) is 11.2. The zero-order valence-corrected chi connectivity index (χ0v) is 13.9. The minimum Gasteiger partial charge on any atom is -0.393 e. The molecule has 1 aliphatic carbocycles. The molecular weight excluding hydrogens is 294 g/mol. The molecule has 6 nitrogen and oxygen atoms in total. The first-order chi connectivity index (χ1) is 10.9. The number of ether oxygens (including phenoxy) is 2. The Balaban J connectivity index is 1.77. The van der Waals surface area contributed by atoms with Crippen LogP contribution >= 0.6 is 0 Å². The van der Waals surface area contributed by atoms with Crippen LogP contribution in [0.1, 0.15) is 38.9 Å². The highest BCUT2D eigenvalue weighted by Crippen LogP contribution is 2.48. The van der Waals surface area contributed by atoms with E-state index in [1.54, 1.807) is 6.33 Å². The van der Waals surface area contributed by atoms with Crippen LogP contribution in [0.15, 0.2) is 18.6 Å². The Hall–Kier alpha value is -1.50. The normalized spacial score (nSPS) is 34.0. The second kappa shape index (κ2) is 5.00. The summed E-state index contributed by atoms with van der Waals surface area (Å²) >= 11 is 0. The minimum absolute atomic E-state index is 0.0622. The fourth-order valence-electron chi connectivity index (χ4n) is 4.10.